The van der Waals surface area contributed by atoms with E-state index in [0.29, 0.717) is 39.7 Å². The number of nitro benzene ring substituents is 1. The van der Waals surface area contributed by atoms with Crippen molar-refractivity contribution in [3.8, 4) is 11.3 Å². The molecule has 2 heterocycles. The van der Waals surface area contributed by atoms with Gasteiger partial charge in [-0.25, -0.2) is 23.1 Å². The molecule has 4 aromatic rings. The van der Waals surface area contributed by atoms with Gasteiger partial charge in [0, 0.05) is 40.8 Å². The number of benzene rings is 2. The van der Waals surface area contributed by atoms with E-state index in [1.165, 1.54) is 48.6 Å². The Kier molecular flexibility index (Phi) is 7.35. The Balaban J connectivity index is 1.39. The Labute approximate surface area is 218 Å². The maximum absolute atomic E-state index is 12.7. The average Bonchev–Trinajstić information content (AvgIpc) is 3.31. The summed E-state index contributed by atoms with van der Waals surface area (Å²) in [6, 6.07) is 15.2. The van der Waals surface area contributed by atoms with Crippen molar-refractivity contribution in [2.45, 2.75) is 25.7 Å². The maximum Gasteiger partial charge on any atom is 0.269 e. The number of nitro groups is 1. The van der Waals surface area contributed by atoms with Gasteiger partial charge in [0.05, 0.1) is 9.82 Å². The number of amides is 1. The van der Waals surface area contributed by atoms with Gasteiger partial charge in [0.2, 0.25) is 11.9 Å². The lowest BCUT2D eigenvalue weighted by Crippen LogP contribution is -2.16. The molecular weight excluding hydrogens is 510 g/mol. The van der Waals surface area contributed by atoms with Crippen LogP contribution in [0.3, 0.4) is 0 Å². The van der Waals surface area contributed by atoms with E-state index in [1.807, 2.05) is 0 Å². The summed E-state index contributed by atoms with van der Waals surface area (Å²) in [7, 11) is -3.92. The molecule has 2 aromatic heterocycles. The first-order valence-electron chi connectivity index (χ1n) is 11.3. The van der Waals surface area contributed by atoms with Crippen molar-refractivity contribution in [1.82, 2.24) is 9.97 Å². The fraction of sp³-hybridized carbons (Fsp3) is 0.115. The second-order valence-corrected chi connectivity index (χ2v) is 10.1. The van der Waals surface area contributed by atoms with E-state index < -0.39 is 20.9 Å². The fourth-order valence-electron chi connectivity index (χ4n) is 3.63. The van der Waals surface area contributed by atoms with E-state index in [-0.39, 0.29) is 16.5 Å². The highest BCUT2D eigenvalue weighted by atomic mass is 32.2. The van der Waals surface area contributed by atoms with Crippen molar-refractivity contribution in [1.29, 1.82) is 0 Å². The number of carbonyl (C=O) groups is 1. The molecule has 0 bridgehead atoms. The first kappa shape index (κ1) is 26.2. The molecule has 12 heteroatoms. The molecule has 0 radical (unpaired) electrons. The number of non-ortho nitro benzene ring substituents is 1. The minimum atomic E-state index is -3.92. The number of sulfonamides is 1. The smallest absolute Gasteiger partial charge is 0.269 e. The quantitative estimate of drug-likeness (QED) is 0.181. The third kappa shape index (κ3) is 6.28. The Bertz CT molecular complexity index is 1640. The number of nitrogens with zero attached hydrogens (tertiary/aromatic N) is 3. The molecular formula is C26H23N5O6S. The maximum atomic E-state index is 12.7. The summed E-state index contributed by atoms with van der Waals surface area (Å²) in [5, 5.41) is 13.6. The predicted octanol–water partition coefficient (Wildman–Crippen LogP) is 5.02. The number of carbonyl (C=O) groups excluding carboxylic acids is 1. The van der Waals surface area contributed by atoms with E-state index in [0.717, 1.165) is 0 Å². The number of hydrogen-bond donors (Lipinski definition) is 2. The van der Waals surface area contributed by atoms with Gasteiger partial charge >= 0.3 is 0 Å². The second kappa shape index (κ2) is 10.6. The van der Waals surface area contributed by atoms with Crippen LogP contribution in [0, 0.1) is 30.9 Å². The van der Waals surface area contributed by atoms with Crippen molar-refractivity contribution in [3.05, 3.63) is 99.6 Å². The minimum Gasteiger partial charge on any atom is -0.457 e. The number of nitrogens with one attached hydrogen (secondary N) is 2. The molecule has 0 fully saturated rings. The topological polar surface area (TPSA) is 157 Å². The minimum absolute atomic E-state index is 0.00753. The largest absolute Gasteiger partial charge is 0.457 e. The Hall–Kier alpha value is -4.84. The number of furan rings is 1. The summed E-state index contributed by atoms with van der Waals surface area (Å²) in [6.07, 6.45) is 2.75. The third-order valence-corrected chi connectivity index (χ3v) is 6.70. The molecule has 0 spiro atoms. The van der Waals surface area contributed by atoms with E-state index >= 15 is 0 Å². The molecule has 1 amide bonds. The van der Waals surface area contributed by atoms with Gasteiger partial charge in [-0.3, -0.25) is 14.9 Å². The zero-order valence-electron chi connectivity index (χ0n) is 20.6. The summed E-state index contributed by atoms with van der Waals surface area (Å²) in [5.74, 6) is 0.449. The Morgan fingerprint density at radius 3 is 2.29 bits per heavy atom. The molecule has 2 N–H and O–H groups in total. The molecule has 2 aromatic carbocycles. The Morgan fingerprint density at radius 1 is 0.974 bits per heavy atom. The third-order valence-electron chi connectivity index (χ3n) is 5.35. The zero-order chi connectivity index (χ0) is 27.4. The van der Waals surface area contributed by atoms with Crippen LogP contribution in [-0.4, -0.2) is 29.2 Å². The average molecular weight is 534 g/mol. The summed E-state index contributed by atoms with van der Waals surface area (Å²) in [5.41, 5.74) is 3.04. The monoisotopic (exact) mass is 533 g/mol. The van der Waals surface area contributed by atoms with Crippen LogP contribution in [0.25, 0.3) is 17.4 Å². The lowest BCUT2D eigenvalue weighted by molar-refractivity contribution is -0.384. The van der Waals surface area contributed by atoms with Gasteiger partial charge in [-0.15, -0.1) is 0 Å². The highest BCUT2D eigenvalue weighted by Crippen LogP contribution is 2.29. The van der Waals surface area contributed by atoms with Gasteiger partial charge in [-0.2, -0.15) is 0 Å². The molecule has 0 aliphatic rings. The van der Waals surface area contributed by atoms with Crippen LogP contribution in [0.4, 0.5) is 17.3 Å². The molecule has 0 aliphatic heterocycles. The summed E-state index contributed by atoms with van der Waals surface area (Å²) < 4.78 is 33.4. The summed E-state index contributed by atoms with van der Waals surface area (Å²) in [6.45, 7) is 5.23. The standard InChI is InChI=1S/C26H23N5O6S/c1-16-14-20(31(33)34)6-11-23(16)24-12-7-21(37-24)8-13-25(32)29-19-4-9-22(10-5-19)38(35,36)30-26-27-17(2)15-18(3)28-26/h4-15H,1-3H3,(H,29,32)(H,27,28,30)/b13-8+. The van der Waals surface area contributed by atoms with Gasteiger partial charge in [0.1, 0.15) is 11.5 Å². The molecule has 11 nitrogen and oxygen atoms in total. The second-order valence-electron chi connectivity index (χ2n) is 8.39. The first-order chi connectivity index (χ1) is 18.0. The SMILES string of the molecule is Cc1cc(C)nc(NS(=O)(=O)c2ccc(NC(=O)/C=C/c3ccc(-c4ccc([N+](=O)[O-])cc4C)o3)cc2)n1. The van der Waals surface area contributed by atoms with E-state index in [2.05, 4.69) is 20.0 Å². The predicted molar refractivity (Wildman–Crippen MR) is 142 cm³/mol. The van der Waals surface area contributed by atoms with E-state index in [1.54, 1.807) is 45.0 Å². The van der Waals surface area contributed by atoms with Gasteiger partial charge < -0.3 is 9.73 Å². The number of rotatable bonds is 8. The fourth-order valence-corrected chi connectivity index (χ4v) is 4.58. The van der Waals surface area contributed by atoms with Crippen LogP contribution >= 0.6 is 0 Å². The highest BCUT2D eigenvalue weighted by molar-refractivity contribution is 7.92. The number of aromatic nitrogens is 2. The molecule has 0 atom stereocenters. The van der Waals surface area contributed by atoms with Crippen molar-refractivity contribution >= 4 is 39.3 Å². The summed E-state index contributed by atoms with van der Waals surface area (Å²) >= 11 is 0. The molecule has 4 rings (SSSR count). The summed E-state index contributed by atoms with van der Waals surface area (Å²) in [4.78, 5) is 31.0. The van der Waals surface area contributed by atoms with Crippen LogP contribution in [0.2, 0.25) is 0 Å². The normalized spacial score (nSPS) is 11.4. The van der Waals surface area contributed by atoms with Crippen molar-refractivity contribution < 1.29 is 22.6 Å². The molecule has 0 aliphatic carbocycles. The molecule has 0 unspecified atom stereocenters. The van der Waals surface area contributed by atoms with Crippen molar-refractivity contribution in [2.75, 3.05) is 10.0 Å². The number of hydrogen-bond acceptors (Lipinski definition) is 8. The van der Waals surface area contributed by atoms with Crippen LogP contribution in [0.5, 0.6) is 0 Å². The highest BCUT2D eigenvalue weighted by Gasteiger charge is 2.16. The van der Waals surface area contributed by atoms with Crippen molar-refractivity contribution in [2.24, 2.45) is 0 Å². The molecule has 38 heavy (non-hydrogen) atoms. The van der Waals surface area contributed by atoms with Crippen molar-refractivity contribution in [3.63, 3.8) is 0 Å². The zero-order valence-corrected chi connectivity index (χ0v) is 21.4. The first-order valence-corrected chi connectivity index (χ1v) is 12.8. The molecule has 0 saturated heterocycles. The molecule has 0 saturated carbocycles. The van der Waals surface area contributed by atoms with Crippen LogP contribution in [-0.2, 0) is 14.8 Å². The van der Waals surface area contributed by atoms with E-state index in [9.17, 15) is 23.3 Å². The van der Waals surface area contributed by atoms with Crippen LogP contribution in [0.1, 0.15) is 22.7 Å². The Morgan fingerprint density at radius 2 is 1.66 bits per heavy atom. The number of anilines is 2. The van der Waals surface area contributed by atoms with Gasteiger partial charge in [-0.1, -0.05) is 0 Å². The lowest BCUT2D eigenvalue weighted by atomic mass is 10.1. The lowest BCUT2D eigenvalue weighted by Gasteiger charge is -2.09. The van der Waals surface area contributed by atoms with Gasteiger partial charge in [0.15, 0.2) is 0 Å². The number of aryl methyl sites for hydroxylation is 3. The van der Waals surface area contributed by atoms with Gasteiger partial charge in [-0.05, 0) is 80.9 Å². The van der Waals surface area contributed by atoms with Crippen LogP contribution in [0.15, 0.2) is 76.1 Å². The van der Waals surface area contributed by atoms with E-state index in [4.69, 9.17) is 4.42 Å². The van der Waals surface area contributed by atoms with Gasteiger partial charge in [0.25, 0.3) is 15.7 Å². The molecule has 194 valence electrons. The van der Waals surface area contributed by atoms with Crippen LogP contribution < -0.4 is 10.0 Å².